The number of rotatable bonds is 4. The van der Waals surface area contributed by atoms with Crippen molar-refractivity contribution in [2.45, 2.75) is 6.61 Å². The Bertz CT molecular complexity index is 542. The third kappa shape index (κ3) is 3.14. The van der Waals surface area contributed by atoms with Crippen LogP contribution in [0.25, 0.3) is 10.6 Å². The third-order valence-corrected chi connectivity index (χ3v) is 4.07. The lowest BCUT2D eigenvalue weighted by Gasteiger charge is -2.00. The lowest BCUT2D eigenvalue weighted by molar-refractivity contribution is 0.264. The van der Waals surface area contributed by atoms with Crippen molar-refractivity contribution in [3.8, 4) is 10.6 Å². The predicted molar refractivity (Wildman–Crippen MR) is 73.4 cm³/mol. The first kappa shape index (κ1) is 12.7. The quantitative estimate of drug-likeness (QED) is 0.812. The van der Waals surface area contributed by atoms with Gasteiger partial charge < -0.3 is 4.74 Å². The third-order valence-electron chi connectivity index (χ3n) is 1.99. The summed E-state index contributed by atoms with van der Waals surface area (Å²) in [6.07, 6.45) is 0. The maximum Gasteiger partial charge on any atom is 0.417 e. The van der Waals surface area contributed by atoms with E-state index in [1.165, 1.54) is 17.8 Å². The highest BCUT2D eigenvalue weighted by Gasteiger charge is 2.08. The van der Waals surface area contributed by atoms with E-state index < -0.39 is 0 Å². The van der Waals surface area contributed by atoms with Crippen molar-refractivity contribution in [2.75, 3.05) is 0 Å². The van der Waals surface area contributed by atoms with Crippen LogP contribution in [0.5, 0.6) is 0 Å². The minimum absolute atomic E-state index is 0.161. The van der Waals surface area contributed by atoms with Gasteiger partial charge in [-0.05, 0) is 18.2 Å². The summed E-state index contributed by atoms with van der Waals surface area (Å²) in [5.41, 5.74) is 1.74. The lowest BCUT2D eigenvalue weighted by atomic mass is 10.2. The molecule has 87 valence electrons. The van der Waals surface area contributed by atoms with E-state index in [1.807, 2.05) is 23.6 Å². The summed E-state index contributed by atoms with van der Waals surface area (Å²) in [4.78, 5) is 14.3. The maximum absolute atomic E-state index is 9.96. The molecule has 0 aliphatic carbocycles. The molecule has 0 spiro atoms. The van der Waals surface area contributed by atoms with Gasteiger partial charge in [0.05, 0.1) is 5.69 Å². The van der Waals surface area contributed by atoms with Crippen molar-refractivity contribution in [1.82, 2.24) is 4.98 Å². The summed E-state index contributed by atoms with van der Waals surface area (Å²) in [7, 11) is 0. The SMILES string of the molecule is O=[C]OCc1csc(-c2ccc(Br)cc2Br)n1. The minimum atomic E-state index is 0.161. The van der Waals surface area contributed by atoms with E-state index in [0.29, 0.717) is 0 Å². The van der Waals surface area contributed by atoms with Crippen LogP contribution in [-0.2, 0) is 16.1 Å². The number of hydrogen-bond acceptors (Lipinski definition) is 4. The summed E-state index contributed by atoms with van der Waals surface area (Å²) in [6, 6.07) is 5.90. The van der Waals surface area contributed by atoms with Gasteiger partial charge >= 0.3 is 6.47 Å². The van der Waals surface area contributed by atoms with Gasteiger partial charge in [-0.2, -0.15) is 0 Å². The standard InChI is InChI=1S/C11H6Br2NO2S/c12-7-1-2-9(10(13)3-7)11-14-8(5-17-11)4-16-6-15/h1-3,5H,4H2. The molecule has 17 heavy (non-hydrogen) atoms. The van der Waals surface area contributed by atoms with Gasteiger partial charge in [0.15, 0.2) is 0 Å². The first-order chi connectivity index (χ1) is 8.20. The van der Waals surface area contributed by atoms with E-state index >= 15 is 0 Å². The van der Waals surface area contributed by atoms with Crippen LogP contribution < -0.4 is 0 Å². The van der Waals surface area contributed by atoms with Crippen LogP contribution in [0, 0.1) is 0 Å². The zero-order valence-electron chi connectivity index (χ0n) is 8.44. The molecule has 1 aromatic heterocycles. The highest BCUT2D eigenvalue weighted by molar-refractivity contribution is 9.11. The average Bonchev–Trinajstić information content (AvgIpc) is 2.75. The van der Waals surface area contributed by atoms with Crippen molar-refractivity contribution < 1.29 is 9.53 Å². The molecule has 1 heterocycles. The molecule has 0 unspecified atom stereocenters. The normalized spacial score (nSPS) is 10.2. The molecule has 0 aliphatic rings. The molecule has 0 atom stereocenters. The Labute approximate surface area is 119 Å². The Morgan fingerprint density at radius 2 is 2.24 bits per heavy atom. The second-order valence-electron chi connectivity index (χ2n) is 3.14. The Morgan fingerprint density at radius 1 is 1.41 bits per heavy atom. The fraction of sp³-hybridized carbons (Fsp3) is 0.0909. The van der Waals surface area contributed by atoms with Crippen molar-refractivity contribution in [3.05, 3.63) is 38.2 Å². The zero-order valence-corrected chi connectivity index (χ0v) is 12.4. The number of aromatic nitrogens is 1. The summed E-state index contributed by atoms with van der Waals surface area (Å²) in [6.45, 7) is 1.54. The molecular formula is C11H6Br2NO2S. The fourth-order valence-electron chi connectivity index (χ4n) is 1.26. The smallest absolute Gasteiger partial charge is 0.417 e. The van der Waals surface area contributed by atoms with Crippen molar-refractivity contribution >= 4 is 49.7 Å². The fourth-order valence-corrected chi connectivity index (χ4v) is 3.47. The Balaban J connectivity index is 2.27. The second-order valence-corrected chi connectivity index (χ2v) is 5.77. The van der Waals surface area contributed by atoms with Crippen LogP contribution in [0.1, 0.15) is 5.69 Å². The number of ether oxygens (including phenoxy) is 1. The van der Waals surface area contributed by atoms with Gasteiger partial charge in [0, 0.05) is 19.9 Å². The highest BCUT2D eigenvalue weighted by atomic mass is 79.9. The molecule has 6 heteroatoms. The number of benzene rings is 1. The molecule has 0 N–H and O–H groups in total. The molecule has 0 bridgehead atoms. The van der Waals surface area contributed by atoms with Gasteiger partial charge in [0.2, 0.25) is 0 Å². The van der Waals surface area contributed by atoms with E-state index in [9.17, 15) is 4.79 Å². The van der Waals surface area contributed by atoms with Gasteiger partial charge in [-0.1, -0.05) is 31.9 Å². The first-order valence-corrected chi connectivity index (χ1v) is 7.06. The van der Waals surface area contributed by atoms with Crippen LogP contribution in [0.2, 0.25) is 0 Å². The summed E-state index contributed by atoms with van der Waals surface area (Å²) >= 11 is 8.39. The summed E-state index contributed by atoms with van der Waals surface area (Å²) < 4.78 is 6.51. The molecule has 2 rings (SSSR count). The van der Waals surface area contributed by atoms with Crippen molar-refractivity contribution in [3.63, 3.8) is 0 Å². The number of carbonyl (C=O) groups excluding carboxylic acids is 1. The van der Waals surface area contributed by atoms with E-state index in [4.69, 9.17) is 0 Å². The largest absolute Gasteiger partial charge is 0.451 e. The van der Waals surface area contributed by atoms with Gasteiger partial charge in [-0.15, -0.1) is 11.3 Å². The van der Waals surface area contributed by atoms with E-state index in [-0.39, 0.29) is 6.61 Å². The lowest BCUT2D eigenvalue weighted by Crippen LogP contribution is -1.90. The van der Waals surface area contributed by atoms with Gasteiger partial charge in [-0.25, -0.2) is 9.78 Å². The first-order valence-electron chi connectivity index (χ1n) is 4.59. The molecule has 0 saturated carbocycles. The highest BCUT2D eigenvalue weighted by Crippen LogP contribution is 2.32. The zero-order chi connectivity index (χ0) is 12.3. The summed E-state index contributed by atoms with van der Waals surface area (Å²) in [5, 5.41) is 2.75. The minimum Gasteiger partial charge on any atom is -0.451 e. The summed E-state index contributed by atoms with van der Waals surface area (Å²) in [5.74, 6) is 0. The van der Waals surface area contributed by atoms with Crippen LogP contribution in [-0.4, -0.2) is 11.5 Å². The molecule has 1 radical (unpaired) electrons. The Hall–Kier alpha value is -0.720. The predicted octanol–water partition coefficient (Wildman–Crippen LogP) is 3.92. The number of thiazole rings is 1. The van der Waals surface area contributed by atoms with E-state index in [0.717, 1.165) is 25.2 Å². The second kappa shape index (κ2) is 5.75. The Morgan fingerprint density at radius 3 is 2.94 bits per heavy atom. The van der Waals surface area contributed by atoms with E-state index in [1.54, 1.807) is 0 Å². The molecular weight excluding hydrogens is 370 g/mol. The molecule has 0 fully saturated rings. The van der Waals surface area contributed by atoms with E-state index in [2.05, 4.69) is 41.6 Å². The monoisotopic (exact) mass is 374 g/mol. The number of hydrogen-bond donors (Lipinski definition) is 0. The van der Waals surface area contributed by atoms with Crippen LogP contribution >= 0.6 is 43.2 Å². The molecule has 0 saturated heterocycles. The van der Waals surface area contributed by atoms with Crippen LogP contribution in [0.4, 0.5) is 0 Å². The van der Waals surface area contributed by atoms with Crippen LogP contribution in [0.3, 0.4) is 0 Å². The number of halogens is 2. The Kier molecular flexibility index (Phi) is 4.31. The molecule has 2 aromatic rings. The van der Waals surface area contributed by atoms with Crippen LogP contribution in [0.15, 0.2) is 32.5 Å². The number of nitrogens with zero attached hydrogens (tertiary/aromatic N) is 1. The molecule has 1 aromatic carbocycles. The topological polar surface area (TPSA) is 39.2 Å². The maximum atomic E-state index is 9.96. The van der Waals surface area contributed by atoms with Gasteiger partial charge in [0.25, 0.3) is 0 Å². The molecule has 0 amide bonds. The molecule has 3 nitrogen and oxygen atoms in total. The van der Waals surface area contributed by atoms with Gasteiger partial charge in [-0.3, -0.25) is 0 Å². The average molecular weight is 376 g/mol. The van der Waals surface area contributed by atoms with Crippen molar-refractivity contribution in [2.24, 2.45) is 0 Å². The molecule has 0 aliphatic heterocycles. The van der Waals surface area contributed by atoms with Crippen molar-refractivity contribution in [1.29, 1.82) is 0 Å². The van der Waals surface area contributed by atoms with Gasteiger partial charge in [0.1, 0.15) is 11.6 Å².